The van der Waals surface area contributed by atoms with Gasteiger partial charge in [0.05, 0.1) is 11.9 Å². The molecule has 0 saturated heterocycles. The summed E-state index contributed by atoms with van der Waals surface area (Å²) >= 11 is 0. The smallest absolute Gasteiger partial charge is 0.150 e. The van der Waals surface area contributed by atoms with Gasteiger partial charge in [-0.15, -0.1) is 0 Å². The van der Waals surface area contributed by atoms with Crippen LogP contribution in [0, 0.1) is 5.92 Å². The third kappa shape index (κ3) is 5.30. The molecule has 3 nitrogen and oxygen atoms in total. The molecule has 1 N–H and O–H groups in total. The van der Waals surface area contributed by atoms with Crippen molar-refractivity contribution >= 4 is 9.84 Å². The molecule has 0 spiro atoms. The molecule has 16 heavy (non-hydrogen) atoms. The van der Waals surface area contributed by atoms with E-state index < -0.39 is 9.84 Å². The molecule has 96 valence electrons. The monoisotopic (exact) mass is 248 g/mol. The first-order chi connectivity index (χ1) is 7.53. The van der Waals surface area contributed by atoms with E-state index in [0.29, 0.717) is 18.8 Å². The van der Waals surface area contributed by atoms with E-state index in [9.17, 15) is 13.5 Å². The van der Waals surface area contributed by atoms with E-state index in [2.05, 4.69) is 0 Å². The van der Waals surface area contributed by atoms with Crippen LogP contribution in [0.3, 0.4) is 0 Å². The zero-order chi connectivity index (χ0) is 12.0. The van der Waals surface area contributed by atoms with E-state index in [0.717, 1.165) is 6.42 Å². The van der Waals surface area contributed by atoms with Crippen molar-refractivity contribution in [2.45, 2.75) is 58.0 Å². The summed E-state index contributed by atoms with van der Waals surface area (Å²) in [5.74, 6) is 1.12. The van der Waals surface area contributed by atoms with Crippen LogP contribution >= 0.6 is 0 Å². The van der Waals surface area contributed by atoms with E-state index in [-0.39, 0.29) is 17.6 Å². The molecule has 0 aromatic rings. The largest absolute Gasteiger partial charge is 0.393 e. The first-order valence-corrected chi connectivity index (χ1v) is 8.24. The summed E-state index contributed by atoms with van der Waals surface area (Å²) in [6.45, 7) is 1.67. The van der Waals surface area contributed by atoms with Gasteiger partial charge in [-0.05, 0) is 25.2 Å². The number of aliphatic hydroxyl groups is 1. The highest BCUT2D eigenvalue weighted by molar-refractivity contribution is 7.91. The van der Waals surface area contributed by atoms with Crippen molar-refractivity contribution in [1.82, 2.24) is 0 Å². The minimum Gasteiger partial charge on any atom is -0.393 e. The van der Waals surface area contributed by atoms with Crippen molar-refractivity contribution in [2.24, 2.45) is 5.92 Å². The fraction of sp³-hybridized carbons (Fsp3) is 1.00. The molecule has 0 amide bonds. The number of rotatable bonds is 7. The Morgan fingerprint density at radius 1 is 1.31 bits per heavy atom. The lowest BCUT2D eigenvalue weighted by Gasteiger charge is -2.14. The molecule has 1 saturated carbocycles. The number of hydrogen-bond donors (Lipinski definition) is 1. The predicted molar refractivity (Wildman–Crippen MR) is 66.1 cm³/mol. The number of sulfone groups is 1. The summed E-state index contributed by atoms with van der Waals surface area (Å²) in [5, 5.41) is 9.78. The first kappa shape index (κ1) is 14.0. The molecular formula is C12H24O3S. The van der Waals surface area contributed by atoms with Gasteiger partial charge < -0.3 is 5.11 Å². The second-order valence-corrected chi connectivity index (χ2v) is 7.39. The van der Waals surface area contributed by atoms with Crippen molar-refractivity contribution in [3.8, 4) is 0 Å². The maximum atomic E-state index is 11.2. The van der Waals surface area contributed by atoms with Gasteiger partial charge in [0.25, 0.3) is 0 Å². The molecule has 0 heterocycles. The SMILES string of the molecule is CCS(=O)(=O)CCCC(O)CC1CCCC1. The maximum absolute atomic E-state index is 11.2. The van der Waals surface area contributed by atoms with Crippen LogP contribution in [0.1, 0.15) is 51.9 Å². The van der Waals surface area contributed by atoms with Crippen LogP contribution in [-0.4, -0.2) is 31.1 Å². The number of hydrogen-bond acceptors (Lipinski definition) is 3. The predicted octanol–water partition coefficient (Wildman–Crippen LogP) is 2.14. The average molecular weight is 248 g/mol. The second kappa shape index (κ2) is 6.60. The van der Waals surface area contributed by atoms with Crippen molar-refractivity contribution in [2.75, 3.05) is 11.5 Å². The molecular weight excluding hydrogens is 224 g/mol. The second-order valence-electron chi connectivity index (χ2n) is 4.92. The zero-order valence-corrected chi connectivity index (χ0v) is 11.0. The van der Waals surface area contributed by atoms with Crippen LogP contribution in [0.4, 0.5) is 0 Å². The van der Waals surface area contributed by atoms with E-state index in [4.69, 9.17) is 0 Å². The van der Waals surface area contributed by atoms with Gasteiger partial charge in [-0.1, -0.05) is 32.6 Å². The fourth-order valence-electron chi connectivity index (χ4n) is 2.43. The molecule has 1 aliphatic carbocycles. The molecule has 1 atom stereocenters. The summed E-state index contributed by atoms with van der Waals surface area (Å²) in [5.41, 5.74) is 0. The Hall–Kier alpha value is -0.0900. The summed E-state index contributed by atoms with van der Waals surface area (Å²) in [7, 11) is -2.85. The molecule has 1 fully saturated rings. The van der Waals surface area contributed by atoms with Crippen molar-refractivity contribution in [3.63, 3.8) is 0 Å². The summed E-state index contributed by atoms with van der Waals surface area (Å²) in [4.78, 5) is 0. The lowest BCUT2D eigenvalue weighted by molar-refractivity contribution is 0.133. The Morgan fingerprint density at radius 3 is 2.50 bits per heavy atom. The van der Waals surface area contributed by atoms with Gasteiger partial charge in [-0.25, -0.2) is 8.42 Å². The average Bonchev–Trinajstić information content (AvgIpc) is 2.70. The molecule has 1 aliphatic rings. The van der Waals surface area contributed by atoms with Crippen molar-refractivity contribution in [1.29, 1.82) is 0 Å². The van der Waals surface area contributed by atoms with Crippen LogP contribution in [0.2, 0.25) is 0 Å². The van der Waals surface area contributed by atoms with Gasteiger partial charge in [0.2, 0.25) is 0 Å². The van der Waals surface area contributed by atoms with Gasteiger partial charge in [0.15, 0.2) is 0 Å². The molecule has 1 rings (SSSR count). The standard InChI is InChI=1S/C12H24O3S/c1-2-16(14,15)9-5-8-12(13)10-11-6-3-4-7-11/h11-13H,2-10H2,1H3. The van der Waals surface area contributed by atoms with Crippen LogP contribution < -0.4 is 0 Å². The number of aliphatic hydroxyl groups excluding tert-OH is 1. The van der Waals surface area contributed by atoms with Crippen molar-refractivity contribution in [3.05, 3.63) is 0 Å². The third-order valence-corrected chi connectivity index (χ3v) is 5.30. The lowest BCUT2D eigenvalue weighted by Crippen LogP contribution is -2.15. The lowest BCUT2D eigenvalue weighted by atomic mass is 9.98. The van der Waals surface area contributed by atoms with E-state index in [1.165, 1.54) is 25.7 Å². The van der Waals surface area contributed by atoms with Crippen molar-refractivity contribution < 1.29 is 13.5 Å². The highest BCUT2D eigenvalue weighted by Crippen LogP contribution is 2.29. The van der Waals surface area contributed by atoms with Gasteiger partial charge in [0.1, 0.15) is 9.84 Å². The Balaban J connectivity index is 2.12. The minimum atomic E-state index is -2.85. The minimum absolute atomic E-state index is 0.214. The topological polar surface area (TPSA) is 54.4 Å². The molecule has 0 aliphatic heterocycles. The van der Waals surface area contributed by atoms with E-state index in [1.54, 1.807) is 6.92 Å². The van der Waals surface area contributed by atoms with E-state index >= 15 is 0 Å². The Kier molecular flexibility index (Phi) is 5.76. The molecule has 0 aromatic heterocycles. The summed E-state index contributed by atoms with van der Waals surface area (Å²) in [6.07, 6.45) is 6.87. The van der Waals surface area contributed by atoms with Crippen LogP contribution in [0.5, 0.6) is 0 Å². The Morgan fingerprint density at radius 2 is 1.94 bits per heavy atom. The first-order valence-electron chi connectivity index (χ1n) is 6.42. The van der Waals surface area contributed by atoms with Gasteiger partial charge in [-0.3, -0.25) is 0 Å². The highest BCUT2D eigenvalue weighted by Gasteiger charge is 2.19. The van der Waals surface area contributed by atoms with Crippen LogP contribution in [0.15, 0.2) is 0 Å². The highest BCUT2D eigenvalue weighted by atomic mass is 32.2. The molecule has 0 bridgehead atoms. The molecule has 1 unspecified atom stereocenters. The Labute approximate surface area is 99.2 Å². The summed E-state index contributed by atoms with van der Waals surface area (Å²) < 4.78 is 22.5. The quantitative estimate of drug-likeness (QED) is 0.751. The normalized spacial score (nSPS) is 20.1. The fourth-order valence-corrected chi connectivity index (χ4v) is 3.33. The summed E-state index contributed by atoms with van der Waals surface area (Å²) in [6, 6.07) is 0. The third-order valence-electron chi connectivity index (χ3n) is 3.51. The zero-order valence-electron chi connectivity index (χ0n) is 10.2. The maximum Gasteiger partial charge on any atom is 0.150 e. The van der Waals surface area contributed by atoms with E-state index in [1.807, 2.05) is 0 Å². The molecule has 4 heteroatoms. The van der Waals surface area contributed by atoms with Gasteiger partial charge in [-0.2, -0.15) is 0 Å². The Bertz CT molecular complexity index is 279. The van der Waals surface area contributed by atoms with Gasteiger partial charge >= 0.3 is 0 Å². The van der Waals surface area contributed by atoms with Gasteiger partial charge in [0, 0.05) is 5.75 Å². The van der Waals surface area contributed by atoms with Crippen LogP contribution in [0.25, 0.3) is 0 Å². The molecule has 0 aromatic carbocycles. The van der Waals surface area contributed by atoms with Crippen LogP contribution in [-0.2, 0) is 9.84 Å². The molecule has 0 radical (unpaired) electrons.